The molecule has 0 amide bonds. The largest absolute Gasteiger partial charge is 0.493 e. The lowest BCUT2D eigenvalue weighted by molar-refractivity contribution is -0.377. The van der Waals surface area contributed by atoms with Crippen LogP contribution in [-0.4, -0.2) is 20.2 Å². The van der Waals surface area contributed by atoms with Crippen molar-refractivity contribution in [3.8, 4) is 11.5 Å². The number of halogens is 2. The lowest BCUT2D eigenvalue weighted by atomic mass is 10.0. The van der Waals surface area contributed by atoms with Gasteiger partial charge in [0.2, 0.25) is 0 Å². The van der Waals surface area contributed by atoms with E-state index in [-0.39, 0.29) is 6.42 Å². The molecule has 6 nitrogen and oxygen atoms in total. The van der Waals surface area contributed by atoms with Crippen molar-refractivity contribution < 1.29 is 24.0 Å². The quantitative estimate of drug-likeness (QED) is 0.424. The molecule has 0 radical (unpaired) electrons. The number of methoxy groups -OCH3 is 2. The van der Waals surface area contributed by atoms with Crippen LogP contribution in [0, 0.1) is 0 Å². The Morgan fingerprint density at radius 3 is 2.37 bits per heavy atom. The Hall–Kier alpha value is -2.96. The van der Waals surface area contributed by atoms with Crippen LogP contribution in [0.25, 0.3) is 0 Å². The molecule has 1 aromatic heterocycles. The smallest absolute Gasteiger partial charge is 0.338 e. The normalized spacial score (nSPS) is 11.6. The maximum atomic E-state index is 12.8. The Kier molecular flexibility index (Phi) is 7.03. The topological polar surface area (TPSA) is 84.9 Å². The molecule has 30 heavy (non-hydrogen) atoms. The molecule has 0 aliphatic carbocycles. The number of esters is 1. The van der Waals surface area contributed by atoms with Crippen LogP contribution in [-0.2, 0) is 11.2 Å². The van der Waals surface area contributed by atoms with Gasteiger partial charge in [0.05, 0.1) is 19.8 Å². The summed E-state index contributed by atoms with van der Waals surface area (Å²) in [6, 6.07) is 11.9. The Morgan fingerprint density at radius 1 is 1.03 bits per heavy atom. The molecule has 0 saturated heterocycles. The first-order valence-corrected chi connectivity index (χ1v) is 9.81. The van der Waals surface area contributed by atoms with E-state index in [2.05, 4.69) is 4.98 Å². The van der Waals surface area contributed by atoms with Gasteiger partial charge in [-0.05, 0) is 35.9 Å². The molecule has 0 unspecified atom stereocenters. The number of hydrogen-bond donors (Lipinski definition) is 1. The van der Waals surface area contributed by atoms with Crippen LogP contribution in [0.2, 0.25) is 10.0 Å². The van der Waals surface area contributed by atoms with E-state index in [0.717, 1.165) is 0 Å². The van der Waals surface area contributed by atoms with E-state index in [9.17, 15) is 4.79 Å². The van der Waals surface area contributed by atoms with E-state index in [0.29, 0.717) is 43.9 Å². The van der Waals surface area contributed by atoms with Crippen molar-refractivity contribution in [1.82, 2.24) is 0 Å². The van der Waals surface area contributed by atoms with Gasteiger partial charge < -0.3 is 19.9 Å². The first-order valence-electron chi connectivity index (χ1n) is 9.05. The molecular weight excluding hydrogens is 427 g/mol. The molecule has 1 atom stereocenters. The summed E-state index contributed by atoms with van der Waals surface area (Å²) < 4.78 is 16.5. The molecule has 0 aliphatic rings. The lowest BCUT2D eigenvalue weighted by Crippen LogP contribution is -2.16. The van der Waals surface area contributed by atoms with Gasteiger partial charge in [-0.3, -0.25) is 0 Å². The molecule has 3 N–H and O–H groups in total. The van der Waals surface area contributed by atoms with Gasteiger partial charge in [0, 0.05) is 17.7 Å². The van der Waals surface area contributed by atoms with Crippen LogP contribution in [0.4, 0.5) is 5.69 Å². The van der Waals surface area contributed by atoms with Crippen LogP contribution < -0.4 is 20.2 Å². The summed E-state index contributed by atoms with van der Waals surface area (Å²) in [5.41, 5.74) is 7.96. The van der Waals surface area contributed by atoms with E-state index in [1.54, 1.807) is 62.0 Å². The molecule has 0 saturated carbocycles. The van der Waals surface area contributed by atoms with Crippen molar-refractivity contribution in [1.29, 1.82) is 0 Å². The van der Waals surface area contributed by atoms with Crippen LogP contribution >= 0.6 is 23.2 Å². The zero-order chi connectivity index (χ0) is 21.7. The van der Waals surface area contributed by atoms with Crippen molar-refractivity contribution in [2.24, 2.45) is 0 Å². The van der Waals surface area contributed by atoms with Gasteiger partial charge >= 0.3 is 5.97 Å². The van der Waals surface area contributed by atoms with Crippen molar-refractivity contribution >= 4 is 34.9 Å². The Balaban J connectivity index is 1.99. The number of rotatable bonds is 7. The molecule has 3 rings (SSSR count). The number of carbonyl (C=O) groups excluding carboxylic acids is 1. The maximum absolute atomic E-state index is 12.8. The highest BCUT2D eigenvalue weighted by Crippen LogP contribution is 2.35. The molecule has 2 aromatic carbocycles. The van der Waals surface area contributed by atoms with Gasteiger partial charge in [-0.15, -0.1) is 0 Å². The molecule has 0 aliphatic heterocycles. The second-order valence-electron chi connectivity index (χ2n) is 6.47. The first-order chi connectivity index (χ1) is 14.4. The van der Waals surface area contributed by atoms with Gasteiger partial charge in [0.1, 0.15) is 16.1 Å². The van der Waals surface area contributed by atoms with Crippen LogP contribution in [0.1, 0.15) is 27.6 Å². The first kappa shape index (κ1) is 21.7. The van der Waals surface area contributed by atoms with Gasteiger partial charge in [-0.1, -0.05) is 35.3 Å². The fourth-order valence-corrected chi connectivity index (χ4v) is 3.53. The minimum atomic E-state index is -0.684. The van der Waals surface area contributed by atoms with E-state index in [4.69, 9.17) is 43.1 Å². The third kappa shape index (κ3) is 4.96. The van der Waals surface area contributed by atoms with Crippen molar-refractivity contribution in [2.75, 3.05) is 20.0 Å². The average molecular weight is 448 g/mol. The van der Waals surface area contributed by atoms with Crippen molar-refractivity contribution in [3.63, 3.8) is 0 Å². The van der Waals surface area contributed by atoms with E-state index in [1.807, 2.05) is 0 Å². The number of aromatic nitrogens is 1. The number of nitrogens with one attached hydrogen (secondary N) is 1. The molecule has 3 aromatic rings. The molecule has 8 heteroatoms. The molecular formula is C22H21Cl2N2O4+. The number of pyridine rings is 1. The molecule has 156 valence electrons. The highest BCUT2D eigenvalue weighted by Gasteiger charge is 2.24. The molecule has 0 fully saturated rings. The number of anilines is 1. The number of hydrogen-bond acceptors (Lipinski definition) is 5. The number of ether oxygens (including phenoxy) is 3. The number of H-pyrrole nitrogens is 1. The minimum absolute atomic E-state index is 0.260. The minimum Gasteiger partial charge on any atom is -0.493 e. The van der Waals surface area contributed by atoms with E-state index in [1.165, 1.54) is 7.11 Å². The number of nitrogens with two attached hydrogens (primary N) is 1. The third-order valence-corrected chi connectivity index (χ3v) is 5.21. The predicted octanol–water partition coefficient (Wildman–Crippen LogP) is 4.55. The summed E-state index contributed by atoms with van der Waals surface area (Å²) in [4.78, 5) is 15.7. The Morgan fingerprint density at radius 2 is 1.73 bits per heavy atom. The highest BCUT2D eigenvalue weighted by atomic mass is 35.5. The summed E-state index contributed by atoms with van der Waals surface area (Å²) >= 11 is 12.6. The number of nitrogen functional groups attached to an aromatic ring is 1. The second-order valence-corrected chi connectivity index (χ2v) is 7.28. The average Bonchev–Trinajstić information content (AvgIpc) is 2.75. The molecule has 0 bridgehead atoms. The SMILES string of the molecule is COc1ccc([C@H](Cc2c(Cl)c[nH+]cc2Cl)OC(=O)c2cccc(N)c2)cc1OC. The van der Waals surface area contributed by atoms with Crippen molar-refractivity contribution in [3.05, 3.63) is 81.6 Å². The standard InChI is InChI=1S/C22H20Cl2N2O4/c1-28-19-7-6-13(9-21(19)29-2)20(10-16-17(23)11-26-12-18(16)24)30-22(27)14-4-3-5-15(25)8-14/h3-9,11-12,20H,10,25H2,1-2H3/p+1/t20-/m0/s1. The number of carbonyl (C=O) groups is 1. The number of aromatic amines is 1. The summed E-state index contributed by atoms with van der Waals surface area (Å²) in [6.45, 7) is 0. The summed E-state index contributed by atoms with van der Waals surface area (Å²) in [5, 5.41) is 0.876. The van der Waals surface area contributed by atoms with Crippen LogP contribution in [0.3, 0.4) is 0 Å². The Labute approximate surface area is 184 Å². The fourth-order valence-electron chi connectivity index (χ4n) is 3.00. The summed E-state index contributed by atoms with van der Waals surface area (Å²) in [6.07, 6.45) is 2.81. The monoisotopic (exact) mass is 447 g/mol. The molecule has 1 heterocycles. The second kappa shape index (κ2) is 9.69. The highest BCUT2D eigenvalue weighted by molar-refractivity contribution is 6.35. The summed E-state index contributed by atoms with van der Waals surface area (Å²) in [5.74, 6) is 0.558. The van der Waals surface area contributed by atoms with Crippen LogP contribution in [0.5, 0.6) is 11.5 Å². The van der Waals surface area contributed by atoms with Crippen molar-refractivity contribution in [2.45, 2.75) is 12.5 Å². The van der Waals surface area contributed by atoms with Gasteiger partial charge in [-0.25, -0.2) is 9.78 Å². The molecule has 0 spiro atoms. The fraction of sp³-hybridized carbons (Fsp3) is 0.182. The van der Waals surface area contributed by atoms with Gasteiger partial charge in [0.25, 0.3) is 0 Å². The third-order valence-electron chi connectivity index (χ3n) is 4.54. The van der Waals surface area contributed by atoms with Gasteiger partial charge in [-0.2, -0.15) is 0 Å². The lowest BCUT2D eigenvalue weighted by Gasteiger charge is -2.20. The zero-order valence-corrected chi connectivity index (χ0v) is 18.0. The van der Waals surface area contributed by atoms with Gasteiger partial charge in [0.15, 0.2) is 23.9 Å². The number of benzene rings is 2. The van der Waals surface area contributed by atoms with E-state index >= 15 is 0 Å². The van der Waals surface area contributed by atoms with Crippen LogP contribution in [0.15, 0.2) is 54.9 Å². The Bertz CT molecular complexity index is 1040. The maximum Gasteiger partial charge on any atom is 0.338 e. The summed E-state index contributed by atoms with van der Waals surface area (Å²) in [7, 11) is 3.09. The predicted molar refractivity (Wildman–Crippen MR) is 115 cm³/mol. The zero-order valence-electron chi connectivity index (χ0n) is 16.4. The van der Waals surface area contributed by atoms with E-state index < -0.39 is 12.1 Å².